The molecule has 1 aromatic rings. The van der Waals surface area contributed by atoms with Gasteiger partial charge in [0.15, 0.2) is 0 Å². The van der Waals surface area contributed by atoms with Crippen LogP contribution in [0.15, 0.2) is 24.3 Å². The average molecular weight is 248 g/mol. The molecule has 0 spiro atoms. The Bertz CT molecular complexity index is 475. The number of hydrogen-bond donors (Lipinski definition) is 2. The van der Waals surface area contributed by atoms with Crippen molar-refractivity contribution < 1.29 is 9.59 Å². The van der Waals surface area contributed by atoms with E-state index in [1.54, 1.807) is 35.0 Å². The molecule has 18 heavy (non-hydrogen) atoms. The lowest BCUT2D eigenvalue weighted by atomic mass is 10.1. The van der Waals surface area contributed by atoms with Crippen LogP contribution in [0.3, 0.4) is 0 Å². The maximum atomic E-state index is 11.7. The zero-order valence-electron chi connectivity index (χ0n) is 10.2. The van der Waals surface area contributed by atoms with Crippen molar-refractivity contribution in [3.63, 3.8) is 0 Å². The molecule has 1 fully saturated rings. The van der Waals surface area contributed by atoms with E-state index in [0.29, 0.717) is 18.7 Å². The van der Waals surface area contributed by atoms with Crippen molar-refractivity contribution >= 4 is 11.9 Å². The number of amides is 3. The number of nitrogens with one attached hydrogen (secondary N) is 1. The summed E-state index contributed by atoms with van der Waals surface area (Å²) in [6.45, 7) is 1.96. The van der Waals surface area contributed by atoms with Gasteiger partial charge in [0.25, 0.3) is 5.91 Å². The predicted molar refractivity (Wildman–Crippen MR) is 66.5 cm³/mol. The van der Waals surface area contributed by atoms with Gasteiger partial charge in [-0.05, 0) is 17.7 Å². The molecule has 0 saturated carbocycles. The number of nitrogen functional groups attached to an aromatic ring is 1. The fourth-order valence-electron chi connectivity index (χ4n) is 1.96. The number of nitrogens with two attached hydrogens (primary N) is 1. The van der Waals surface area contributed by atoms with E-state index in [9.17, 15) is 9.59 Å². The number of nitrogens with zero attached hydrogens (tertiary/aromatic N) is 2. The molecule has 3 amide bonds. The number of carbonyl (C=O) groups is 2. The lowest BCUT2D eigenvalue weighted by Gasteiger charge is -2.16. The molecule has 0 bridgehead atoms. The Morgan fingerprint density at radius 3 is 2.83 bits per heavy atom. The predicted octanol–water partition coefficient (Wildman–Crippen LogP) is 0.158. The average Bonchev–Trinajstić information content (AvgIpc) is 2.70. The van der Waals surface area contributed by atoms with Gasteiger partial charge in [-0.1, -0.05) is 12.1 Å². The Morgan fingerprint density at radius 1 is 1.44 bits per heavy atom. The highest BCUT2D eigenvalue weighted by Crippen LogP contribution is 2.13. The minimum atomic E-state index is -0.332. The molecule has 1 aliphatic heterocycles. The van der Waals surface area contributed by atoms with E-state index >= 15 is 0 Å². The van der Waals surface area contributed by atoms with E-state index in [2.05, 4.69) is 5.43 Å². The molecule has 0 aromatic heterocycles. The highest BCUT2D eigenvalue weighted by Gasteiger charge is 2.25. The second-order valence-corrected chi connectivity index (χ2v) is 4.30. The topological polar surface area (TPSA) is 78.7 Å². The standard InChI is InChI=1S/C12H16N4O2/c1-15-5-6-16(12(15)18)8-9-3-2-4-10(7-9)11(17)14-13/h2-4,7H,5-6,8,13H2,1H3,(H,14,17). The summed E-state index contributed by atoms with van der Waals surface area (Å²) in [4.78, 5) is 26.6. The largest absolute Gasteiger partial charge is 0.326 e. The van der Waals surface area contributed by atoms with Crippen LogP contribution in [0, 0.1) is 0 Å². The summed E-state index contributed by atoms with van der Waals surface area (Å²) >= 11 is 0. The number of carbonyl (C=O) groups excluding carboxylic acids is 2. The number of likely N-dealkylation sites (N-methyl/N-ethyl adjacent to an activating group) is 1. The van der Waals surface area contributed by atoms with Crippen LogP contribution in [-0.4, -0.2) is 41.9 Å². The van der Waals surface area contributed by atoms with Crippen LogP contribution in [-0.2, 0) is 6.54 Å². The Balaban J connectivity index is 2.10. The van der Waals surface area contributed by atoms with E-state index in [1.807, 2.05) is 6.07 Å². The van der Waals surface area contributed by atoms with E-state index < -0.39 is 0 Å². The summed E-state index contributed by atoms with van der Waals surface area (Å²) < 4.78 is 0. The molecule has 0 radical (unpaired) electrons. The zero-order valence-corrected chi connectivity index (χ0v) is 10.2. The molecular formula is C12H16N4O2. The van der Waals surface area contributed by atoms with Crippen LogP contribution >= 0.6 is 0 Å². The van der Waals surface area contributed by atoms with Crippen molar-refractivity contribution in [1.29, 1.82) is 0 Å². The van der Waals surface area contributed by atoms with Crippen molar-refractivity contribution in [1.82, 2.24) is 15.2 Å². The Morgan fingerprint density at radius 2 is 2.22 bits per heavy atom. The minimum absolute atomic E-state index is 0.0173. The molecule has 1 saturated heterocycles. The number of urea groups is 1. The van der Waals surface area contributed by atoms with E-state index in [-0.39, 0.29) is 11.9 Å². The van der Waals surface area contributed by atoms with Crippen molar-refractivity contribution in [3.8, 4) is 0 Å². The van der Waals surface area contributed by atoms with Gasteiger partial charge in [-0.3, -0.25) is 10.2 Å². The second-order valence-electron chi connectivity index (χ2n) is 4.30. The maximum Gasteiger partial charge on any atom is 0.320 e. The molecule has 0 atom stereocenters. The summed E-state index contributed by atoms with van der Waals surface area (Å²) in [5, 5.41) is 0. The Labute approximate surface area is 105 Å². The first-order valence-corrected chi connectivity index (χ1v) is 5.71. The number of hydrogen-bond acceptors (Lipinski definition) is 3. The molecule has 1 heterocycles. The van der Waals surface area contributed by atoms with E-state index in [1.165, 1.54) is 0 Å². The molecule has 96 valence electrons. The third-order valence-electron chi connectivity index (χ3n) is 3.00. The van der Waals surface area contributed by atoms with Crippen LogP contribution in [0.2, 0.25) is 0 Å². The van der Waals surface area contributed by atoms with Gasteiger partial charge in [-0.2, -0.15) is 0 Å². The van der Waals surface area contributed by atoms with Crippen molar-refractivity contribution in [2.45, 2.75) is 6.54 Å². The molecule has 6 nitrogen and oxygen atoms in total. The van der Waals surface area contributed by atoms with Gasteiger partial charge in [-0.15, -0.1) is 0 Å². The quantitative estimate of drug-likeness (QED) is 0.454. The SMILES string of the molecule is CN1CCN(Cc2cccc(C(=O)NN)c2)C1=O. The van der Waals surface area contributed by atoms with Gasteiger partial charge in [0.05, 0.1) is 0 Å². The monoisotopic (exact) mass is 248 g/mol. The fraction of sp³-hybridized carbons (Fsp3) is 0.333. The summed E-state index contributed by atoms with van der Waals surface area (Å²) in [6.07, 6.45) is 0. The molecule has 2 rings (SSSR count). The summed E-state index contributed by atoms with van der Waals surface area (Å²) in [7, 11) is 1.78. The third kappa shape index (κ3) is 2.43. The van der Waals surface area contributed by atoms with Gasteiger partial charge in [0.2, 0.25) is 0 Å². The lowest BCUT2D eigenvalue weighted by molar-refractivity contribution is 0.0953. The summed E-state index contributed by atoms with van der Waals surface area (Å²) in [5.41, 5.74) is 3.50. The normalized spacial score (nSPS) is 15.1. The maximum absolute atomic E-state index is 11.7. The van der Waals surface area contributed by atoms with Gasteiger partial charge in [-0.25, -0.2) is 10.6 Å². The van der Waals surface area contributed by atoms with Gasteiger partial charge >= 0.3 is 6.03 Å². The minimum Gasteiger partial charge on any atom is -0.326 e. The van der Waals surface area contributed by atoms with Crippen LogP contribution in [0.5, 0.6) is 0 Å². The van der Waals surface area contributed by atoms with Gasteiger partial charge in [0, 0.05) is 32.2 Å². The molecule has 0 aliphatic carbocycles. The van der Waals surface area contributed by atoms with Crippen molar-refractivity contribution in [2.24, 2.45) is 5.84 Å². The molecule has 1 aliphatic rings. The fourth-order valence-corrected chi connectivity index (χ4v) is 1.96. The highest BCUT2D eigenvalue weighted by atomic mass is 16.2. The van der Waals surface area contributed by atoms with Crippen molar-refractivity contribution in [3.05, 3.63) is 35.4 Å². The van der Waals surface area contributed by atoms with Crippen LogP contribution < -0.4 is 11.3 Å². The third-order valence-corrected chi connectivity index (χ3v) is 3.00. The summed E-state index contributed by atoms with van der Waals surface area (Å²) in [6, 6.07) is 7.11. The number of rotatable bonds is 3. The molecular weight excluding hydrogens is 232 g/mol. The molecule has 3 N–H and O–H groups in total. The second kappa shape index (κ2) is 5.05. The number of hydrazine groups is 1. The molecule has 0 unspecified atom stereocenters. The smallest absolute Gasteiger partial charge is 0.320 e. The first kappa shape index (κ1) is 12.4. The van der Waals surface area contributed by atoms with Gasteiger partial charge in [0.1, 0.15) is 0 Å². The molecule has 1 aromatic carbocycles. The zero-order chi connectivity index (χ0) is 13.1. The first-order valence-electron chi connectivity index (χ1n) is 5.71. The highest BCUT2D eigenvalue weighted by molar-refractivity contribution is 5.93. The van der Waals surface area contributed by atoms with Crippen LogP contribution in [0.4, 0.5) is 4.79 Å². The van der Waals surface area contributed by atoms with Gasteiger partial charge < -0.3 is 9.80 Å². The number of benzene rings is 1. The van der Waals surface area contributed by atoms with E-state index in [0.717, 1.165) is 12.1 Å². The Kier molecular flexibility index (Phi) is 3.47. The van der Waals surface area contributed by atoms with Crippen LogP contribution in [0.25, 0.3) is 0 Å². The lowest BCUT2D eigenvalue weighted by Crippen LogP contribution is -2.30. The summed E-state index contributed by atoms with van der Waals surface area (Å²) in [5.74, 6) is 4.76. The van der Waals surface area contributed by atoms with Crippen molar-refractivity contribution in [2.75, 3.05) is 20.1 Å². The molecule has 6 heteroatoms. The van der Waals surface area contributed by atoms with E-state index in [4.69, 9.17) is 5.84 Å². The first-order chi connectivity index (χ1) is 8.61. The Hall–Kier alpha value is -2.08. The van der Waals surface area contributed by atoms with Crippen LogP contribution in [0.1, 0.15) is 15.9 Å².